The highest BCUT2D eigenvalue weighted by Gasteiger charge is 2.25. The van der Waals surface area contributed by atoms with Crippen molar-refractivity contribution in [3.63, 3.8) is 0 Å². The molecule has 2 aromatic rings. The first-order chi connectivity index (χ1) is 10.6. The molecule has 0 aliphatic rings. The second kappa shape index (κ2) is 6.04. The summed E-state index contributed by atoms with van der Waals surface area (Å²) in [5.74, 6) is -0.914. The third-order valence-corrected chi connectivity index (χ3v) is 2.97. The van der Waals surface area contributed by atoms with Crippen LogP contribution in [0.25, 0.3) is 11.1 Å². The summed E-state index contributed by atoms with van der Waals surface area (Å²) in [4.78, 5) is 31.5. The predicted molar refractivity (Wildman–Crippen MR) is 82.9 cm³/mol. The predicted octanol–water partition coefficient (Wildman–Crippen LogP) is 3.32. The average Bonchev–Trinajstić information content (AvgIpc) is 2.72. The van der Waals surface area contributed by atoms with E-state index in [0.29, 0.717) is 0 Å². The van der Waals surface area contributed by atoms with Gasteiger partial charge >= 0.3 is 12.1 Å². The molecule has 0 radical (unpaired) electrons. The number of carbonyl (C=O) groups excluding carboxylic acids is 1. The van der Waals surface area contributed by atoms with Crippen molar-refractivity contribution in [1.82, 2.24) is 9.97 Å². The van der Waals surface area contributed by atoms with Crippen LogP contribution in [-0.4, -0.2) is 32.7 Å². The number of carboxylic acid groups (broad SMARTS) is 1. The number of carboxylic acids is 1. The maximum absolute atomic E-state index is 12.0. The molecule has 0 fully saturated rings. The van der Waals surface area contributed by atoms with E-state index >= 15 is 0 Å². The zero-order valence-electron chi connectivity index (χ0n) is 13.1. The smallest absolute Gasteiger partial charge is 0.413 e. The zero-order chi connectivity index (χ0) is 17.4. The number of nitrogens with one attached hydrogen (secondary N) is 1. The molecule has 1 amide bonds. The van der Waals surface area contributed by atoms with Crippen molar-refractivity contribution in [3.8, 4) is 0 Å². The van der Waals surface area contributed by atoms with Gasteiger partial charge in [-0.25, -0.2) is 14.6 Å². The van der Waals surface area contributed by atoms with Crippen molar-refractivity contribution >= 4 is 40.6 Å². The zero-order valence-corrected chi connectivity index (χ0v) is 13.8. The largest absolute Gasteiger partial charge is 0.478 e. The van der Waals surface area contributed by atoms with E-state index in [1.54, 1.807) is 20.8 Å². The number of aromatic carboxylic acids is 1. The normalized spacial score (nSPS) is 11.5. The lowest BCUT2D eigenvalue weighted by Crippen LogP contribution is -2.27. The molecular weight excluding hydrogens is 326 g/mol. The second-order valence-corrected chi connectivity index (χ2v) is 6.03. The molecular formula is C14H16ClN3O5. The number of alkyl halides is 1. The molecule has 0 aromatic carbocycles. The van der Waals surface area contributed by atoms with Gasteiger partial charge < -0.3 is 14.3 Å². The Morgan fingerprint density at radius 2 is 2.00 bits per heavy atom. The van der Waals surface area contributed by atoms with Crippen LogP contribution in [0.3, 0.4) is 0 Å². The molecule has 0 atom stereocenters. The summed E-state index contributed by atoms with van der Waals surface area (Å²) in [5.41, 5.74) is -0.795. The molecule has 9 heteroatoms. The highest BCUT2D eigenvalue weighted by atomic mass is 35.5. The maximum atomic E-state index is 12.0. The first-order valence-electron chi connectivity index (χ1n) is 6.71. The first kappa shape index (κ1) is 17.0. The van der Waals surface area contributed by atoms with Crippen molar-refractivity contribution < 1.29 is 23.8 Å². The van der Waals surface area contributed by atoms with Crippen molar-refractivity contribution in [1.29, 1.82) is 0 Å². The first-order valence-corrected chi connectivity index (χ1v) is 7.25. The number of halogens is 1. The number of anilines is 1. The number of carbonyl (C=O) groups is 2. The van der Waals surface area contributed by atoms with Gasteiger partial charge in [-0.2, -0.15) is 4.98 Å². The Hall–Kier alpha value is -2.35. The van der Waals surface area contributed by atoms with Crippen molar-refractivity contribution in [3.05, 3.63) is 17.1 Å². The van der Waals surface area contributed by atoms with E-state index in [1.807, 2.05) is 0 Å². The molecule has 2 rings (SSSR count). The number of aromatic nitrogens is 2. The highest BCUT2D eigenvalue weighted by molar-refractivity contribution is 6.17. The number of nitrogens with zero attached hydrogens (tertiary/aromatic N) is 2. The average molecular weight is 342 g/mol. The van der Waals surface area contributed by atoms with Crippen molar-refractivity contribution in [2.45, 2.75) is 39.2 Å². The summed E-state index contributed by atoms with van der Waals surface area (Å²) in [6.07, 6.45) is -0.770. The van der Waals surface area contributed by atoms with Gasteiger partial charge in [0.05, 0.1) is 11.3 Å². The maximum Gasteiger partial charge on any atom is 0.413 e. The lowest BCUT2D eigenvalue weighted by molar-refractivity contribution is 0.0632. The van der Waals surface area contributed by atoms with Gasteiger partial charge in [0.15, 0.2) is 5.82 Å². The molecule has 23 heavy (non-hydrogen) atoms. The van der Waals surface area contributed by atoms with Crippen LogP contribution in [0.2, 0.25) is 0 Å². The van der Waals surface area contributed by atoms with E-state index < -0.39 is 17.7 Å². The topological polar surface area (TPSA) is 115 Å². The third kappa shape index (κ3) is 3.70. The number of aryl methyl sites for hydroxylation is 1. The Morgan fingerprint density at radius 3 is 2.52 bits per heavy atom. The van der Waals surface area contributed by atoms with Crippen LogP contribution in [0, 0.1) is 6.92 Å². The molecule has 8 nitrogen and oxygen atoms in total. The van der Waals surface area contributed by atoms with Crippen LogP contribution < -0.4 is 5.32 Å². The Bertz CT molecular complexity index is 779. The summed E-state index contributed by atoms with van der Waals surface area (Å²) in [7, 11) is 0. The van der Waals surface area contributed by atoms with E-state index in [4.69, 9.17) is 20.8 Å². The standard InChI is InChI=1S/C14H16ClN3O5/c1-6-8(12(19)20)9-10(18-13(21)23-14(2,3)4)16-7(5-15)17-11(9)22-6/h5H2,1-4H3,(H,19,20)(H,16,17,18,21). The van der Waals surface area contributed by atoms with Gasteiger partial charge in [0.2, 0.25) is 5.71 Å². The summed E-state index contributed by atoms with van der Waals surface area (Å²) < 4.78 is 10.5. The van der Waals surface area contributed by atoms with Crippen LogP contribution in [0.4, 0.5) is 10.6 Å². The fraction of sp³-hybridized carbons (Fsp3) is 0.429. The van der Waals surface area contributed by atoms with Crippen LogP contribution >= 0.6 is 11.6 Å². The van der Waals surface area contributed by atoms with E-state index in [2.05, 4.69) is 15.3 Å². The van der Waals surface area contributed by atoms with Crippen molar-refractivity contribution in [2.75, 3.05) is 5.32 Å². The van der Waals surface area contributed by atoms with Gasteiger partial charge in [-0.1, -0.05) is 0 Å². The quantitative estimate of drug-likeness (QED) is 0.823. The van der Waals surface area contributed by atoms with Gasteiger partial charge in [0, 0.05) is 0 Å². The summed E-state index contributed by atoms with van der Waals surface area (Å²) in [6.45, 7) is 6.60. The van der Waals surface area contributed by atoms with Crippen molar-refractivity contribution in [2.24, 2.45) is 0 Å². The molecule has 2 aromatic heterocycles. The Morgan fingerprint density at radius 1 is 1.35 bits per heavy atom. The number of hydrogen-bond donors (Lipinski definition) is 2. The van der Waals surface area contributed by atoms with Crippen LogP contribution in [-0.2, 0) is 10.6 Å². The number of hydrogen-bond acceptors (Lipinski definition) is 6. The van der Waals surface area contributed by atoms with E-state index in [0.717, 1.165) is 0 Å². The minimum absolute atomic E-state index is 0.0193. The van der Waals surface area contributed by atoms with Crippen LogP contribution in [0.1, 0.15) is 42.7 Å². The van der Waals surface area contributed by atoms with Crippen LogP contribution in [0.5, 0.6) is 0 Å². The molecule has 124 valence electrons. The molecule has 2 heterocycles. The lowest BCUT2D eigenvalue weighted by Gasteiger charge is -2.19. The molecule has 0 unspecified atom stereocenters. The van der Waals surface area contributed by atoms with Crippen LogP contribution in [0.15, 0.2) is 4.42 Å². The SMILES string of the molecule is Cc1oc2nc(CCl)nc(NC(=O)OC(C)(C)C)c2c1C(=O)O. The molecule has 0 bridgehead atoms. The minimum Gasteiger partial charge on any atom is -0.478 e. The fourth-order valence-corrected chi connectivity index (χ4v) is 2.08. The lowest BCUT2D eigenvalue weighted by atomic mass is 10.2. The number of amides is 1. The van der Waals surface area contributed by atoms with Gasteiger partial charge in [-0.15, -0.1) is 11.6 Å². The van der Waals surface area contributed by atoms with E-state index in [-0.39, 0.29) is 39.9 Å². The Labute approximate surface area is 136 Å². The summed E-state index contributed by atoms with van der Waals surface area (Å²) in [5, 5.41) is 11.9. The second-order valence-electron chi connectivity index (χ2n) is 5.77. The monoisotopic (exact) mass is 341 g/mol. The van der Waals surface area contributed by atoms with E-state index in [9.17, 15) is 14.7 Å². The van der Waals surface area contributed by atoms with Gasteiger partial charge in [0.25, 0.3) is 0 Å². The van der Waals surface area contributed by atoms with E-state index in [1.165, 1.54) is 6.92 Å². The molecule has 0 aliphatic heterocycles. The number of ether oxygens (including phenoxy) is 1. The molecule has 2 N–H and O–H groups in total. The van der Waals surface area contributed by atoms with Gasteiger partial charge in [-0.05, 0) is 27.7 Å². The number of fused-ring (bicyclic) bond motifs is 1. The number of furan rings is 1. The summed E-state index contributed by atoms with van der Waals surface area (Å²) in [6, 6.07) is 0. The Balaban J connectivity index is 2.56. The molecule has 0 saturated carbocycles. The number of rotatable bonds is 3. The third-order valence-electron chi connectivity index (χ3n) is 2.73. The minimum atomic E-state index is -1.21. The summed E-state index contributed by atoms with van der Waals surface area (Å²) >= 11 is 5.72. The highest BCUT2D eigenvalue weighted by Crippen LogP contribution is 2.30. The molecule has 0 spiro atoms. The fourth-order valence-electron chi connectivity index (χ4n) is 1.96. The Kier molecular flexibility index (Phi) is 4.46. The molecule has 0 aliphatic carbocycles. The molecule has 0 saturated heterocycles. The van der Waals surface area contributed by atoms with Gasteiger partial charge in [-0.3, -0.25) is 5.32 Å². The van der Waals surface area contributed by atoms with Gasteiger partial charge in [0.1, 0.15) is 22.7 Å².